The molecule has 1 fully saturated rings. The number of aliphatic imine (C=N–C) groups is 1. The van der Waals surface area contributed by atoms with Crippen molar-refractivity contribution in [3.05, 3.63) is 51.7 Å². The first kappa shape index (κ1) is 28.5. The average molecular weight is 530 g/mol. The number of nitrogens with zero attached hydrogens (tertiary/aromatic N) is 3. The van der Waals surface area contributed by atoms with Crippen LogP contribution in [0.5, 0.6) is 11.5 Å². The van der Waals surface area contributed by atoms with Crippen molar-refractivity contribution in [1.82, 2.24) is 9.55 Å². The van der Waals surface area contributed by atoms with E-state index in [1.165, 1.54) is 4.57 Å². The summed E-state index contributed by atoms with van der Waals surface area (Å²) in [5, 5.41) is 26.2. The van der Waals surface area contributed by atoms with Gasteiger partial charge in [-0.1, -0.05) is 0 Å². The Bertz CT molecular complexity index is 1300. The lowest BCUT2D eigenvalue weighted by Crippen LogP contribution is -2.34. The van der Waals surface area contributed by atoms with Gasteiger partial charge in [0.1, 0.15) is 0 Å². The number of aliphatic hydroxyl groups is 1. The number of aliphatic hydroxyl groups excluding tert-OH is 1. The molecule has 2 aliphatic rings. The summed E-state index contributed by atoms with van der Waals surface area (Å²) in [7, 11) is 3.30. The predicted octanol–water partition coefficient (Wildman–Crippen LogP) is 1.54. The summed E-state index contributed by atoms with van der Waals surface area (Å²) >= 11 is 0. The molecule has 3 N–H and O–H groups in total. The molecule has 12 nitrogen and oxygen atoms in total. The van der Waals surface area contributed by atoms with Crippen LogP contribution in [0.15, 0.2) is 34.3 Å². The standard InChI is InChI=1S/C21H25N3O4.C5H6O5/c1-4-28-19-8-14-15-7-13(25)5-6-17(15)23-20(16(14)9-18(19)27-3)12-10-22-21(26)24(2)11-12;6-3(5(9)10)1-2-4(7)8/h8-11,13,15,17,25H,4-7H2,1-3H3;1-2H2,(H,7,8)(H,9,10)/t13-,15-,17-;/m1./s1. The largest absolute Gasteiger partial charge is 0.493 e. The van der Waals surface area contributed by atoms with Gasteiger partial charge in [-0.3, -0.25) is 14.6 Å². The minimum Gasteiger partial charge on any atom is -0.493 e. The first-order valence-corrected chi connectivity index (χ1v) is 12.2. The normalized spacial score (nSPS) is 19.6. The highest BCUT2D eigenvalue weighted by Gasteiger charge is 2.37. The van der Waals surface area contributed by atoms with Crippen LogP contribution in [0.4, 0.5) is 0 Å². The lowest BCUT2D eigenvalue weighted by atomic mass is 9.74. The van der Waals surface area contributed by atoms with Crippen LogP contribution < -0.4 is 15.2 Å². The summed E-state index contributed by atoms with van der Waals surface area (Å²) in [4.78, 5) is 50.5. The van der Waals surface area contributed by atoms with E-state index < -0.39 is 30.6 Å². The van der Waals surface area contributed by atoms with E-state index in [2.05, 4.69) is 4.98 Å². The second-order valence-electron chi connectivity index (χ2n) is 9.00. The second-order valence-corrected chi connectivity index (χ2v) is 9.00. The molecule has 1 aromatic heterocycles. The van der Waals surface area contributed by atoms with Gasteiger partial charge in [0.25, 0.3) is 0 Å². The van der Waals surface area contributed by atoms with Crippen molar-refractivity contribution in [3.63, 3.8) is 0 Å². The molecule has 1 saturated carbocycles. The van der Waals surface area contributed by atoms with Crippen LogP contribution in [-0.4, -0.2) is 74.2 Å². The molecular weight excluding hydrogens is 498 g/mol. The third-order valence-corrected chi connectivity index (χ3v) is 6.40. The molecule has 1 aliphatic heterocycles. The lowest BCUT2D eigenvalue weighted by Gasteiger charge is -2.37. The topological polar surface area (TPSA) is 178 Å². The summed E-state index contributed by atoms with van der Waals surface area (Å²) in [6.45, 7) is 2.48. The fraction of sp³-hybridized carbons (Fsp3) is 0.462. The molecule has 1 aliphatic carbocycles. The fourth-order valence-electron chi connectivity index (χ4n) is 4.56. The molecule has 204 valence electrons. The number of carbonyl (C=O) groups excluding carboxylic acids is 1. The molecule has 0 amide bonds. The summed E-state index contributed by atoms with van der Waals surface area (Å²) in [5.74, 6) is -2.35. The van der Waals surface area contributed by atoms with Crippen molar-refractivity contribution >= 4 is 23.4 Å². The highest BCUT2D eigenvalue weighted by atomic mass is 16.5. The van der Waals surface area contributed by atoms with E-state index in [1.807, 2.05) is 19.1 Å². The number of ether oxygens (including phenoxy) is 2. The minimum atomic E-state index is -1.58. The fourth-order valence-corrected chi connectivity index (χ4v) is 4.56. The van der Waals surface area contributed by atoms with Gasteiger partial charge in [-0.15, -0.1) is 0 Å². The number of rotatable bonds is 8. The van der Waals surface area contributed by atoms with Crippen molar-refractivity contribution < 1.29 is 39.2 Å². The second kappa shape index (κ2) is 12.5. The first-order valence-electron chi connectivity index (χ1n) is 12.2. The van der Waals surface area contributed by atoms with Gasteiger partial charge in [-0.05, 0) is 43.9 Å². The van der Waals surface area contributed by atoms with Gasteiger partial charge in [-0.25, -0.2) is 14.6 Å². The van der Waals surface area contributed by atoms with Gasteiger partial charge in [0, 0.05) is 42.9 Å². The third-order valence-electron chi connectivity index (χ3n) is 6.40. The summed E-state index contributed by atoms with van der Waals surface area (Å²) < 4.78 is 12.8. The number of hydrogen-bond donors (Lipinski definition) is 3. The van der Waals surface area contributed by atoms with Crippen LogP contribution >= 0.6 is 0 Å². The van der Waals surface area contributed by atoms with E-state index in [4.69, 9.17) is 24.7 Å². The van der Waals surface area contributed by atoms with E-state index >= 15 is 0 Å². The number of carboxylic acid groups (broad SMARTS) is 2. The highest BCUT2D eigenvalue weighted by molar-refractivity contribution is 6.32. The van der Waals surface area contributed by atoms with Crippen molar-refractivity contribution in [2.45, 2.75) is 57.1 Å². The molecule has 0 saturated heterocycles. The van der Waals surface area contributed by atoms with E-state index in [-0.39, 0.29) is 23.8 Å². The Labute approximate surface area is 218 Å². The molecule has 12 heteroatoms. The van der Waals surface area contributed by atoms with Crippen molar-refractivity contribution in [2.24, 2.45) is 12.0 Å². The molecular formula is C26H31N3O9. The Morgan fingerprint density at radius 2 is 1.87 bits per heavy atom. The first-order chi connectivity index (χ1) is 18.0. The summed E-state index contributed by atoms with van der Waals surface area (Å²) in [6.07, 6.45) is 4.40. The Balaban J connectivity index is 0.000000342. The maximum absolute atomic E-state index is 11.7. The van der Waals surface area contributed by atoms with Crippen LogP contribution in [0.25, 0.3) is 0 Å². The number of carboxylic acids is 2. The molecule has 2 heterocycles. The van der Waals surface area contributed by atoms with Crippen LogP contribution in [0, 0.1) is 0 Å². The number of ketones is 1. The minimum absolute atomic E-state index is 0.0889. The molecule has 38 heavy (non-hydrogen) atoms. The molecule has 0 unspecified atom stereocenters. The number of fused-ring (bicyclic) bond motifs is 3. The lowest BCUT2D eigenvalue weighted by molar-refractivity contribution is -0.149. The van der Waals surface area contributed by atoms with Gasteiger partial charge in [0.05, 0.1) is 38.0 Å². The monoisotopic (exact) mass is 529 g/mol. The average Bonchev–Trinajstić information content (AvgIpc) is 2.88. The summed E-state index contributed by atoms with van der Waals surface area (Å²) in [5.41, 5.74) is 3.34. The number of hydrogen-bond acceptors (Lipinski definition) is 9. The van der Waals surface area contributed by atoms with E-state index in [1.54, 1.807) is 26.6 Å². The van der Waals surface area contributed by atoms with E-state index in [9.17, 15) is 24.3 Å². The molecule has 0 radical (unpaired) electrons. The van der Waals surface area contributed by atoms with Gasteiger partial charge < -0.3 is 29.4 Å². The zero-order chi connectivity index (χ0) is 28.0. The molecule has 0 bridgehead atoms. The Morgan fingerprint density at radius 1 is 1.13 bits per heavy atom. The van der Waals surface area contributed by atoms with Crippen LogP contribution in [0.3, 0.4) is 0 Å². The zero-order valence-corrected chi connectivity index (χ0v) is 21.4. The molecule has 2 aromatic rings. The Morgan fingerprint density at radius 3 is 2.47 bits per heavy atom. The van der Waals surface area contributed by atoms with Crippen molar-refractivity contribution in [3.8, 4) is 11.5 Å². The maximum Gasteiger partial charge on any atom is 0.372 e. The molecule has 1 aromatic carbocycles. The van der Waals surface area contributed by atoms with Gasteiger partial charge in [0.15, 0.2) is 11.5 Å². The Hall–Kier alpha value is -4.06. The third kappa shape index (κ3) is 6.62. The number of aromatic nitrogens is 2. The van der Waals surface area contributed by atoms with Gasteiger partial charge in [-0.2, -0.15) is 0 Å². The molecule has 3 atom stereocenters. The number of benzene rings is 1. The SMILES string of the molecule is CCOc1cc2c(cc1OC)C(c1cnc(=O)n(C)c1)=N[C@@H]1CC[C@@H](O)C[C@H]21.O=C(O)CCC(=O)C(=O)O. The smallest absolute Gasteiger partial charge is 0.372 e. The summed E-state index contributed by atoms with van der Waals surface area (Å²) in [6, 6.07) is 4.06. The maximum atomic E-state index is 11.7. The van der Waals surface area contributed by atoms with Crippen LogP contribution in [0.1, 0.15) is 61.6 Å². The van der Waals surface area contributed by atoms with Gasteiger partial charge >= 0.3 is 17.6 Å². The number of carbonyl (C=O) groups is 3. The van der Waals surface area contributed by atoms with Crippen LogP contribution in [0.2, 0.25) is 0 Å². The van der Waals surface area contributed by atoms with E-state index in [0.29, 0.717) is 24.5 Å². The number of aryl methyl sites for hydroxylation is 1. The quantitative estimate of drug-likeness (QED) is 0.425. The number of aliphatic carboxylic acids is 2. The predicted molar refractivity (Wildman–Crippen MR) is 135 cm³/mol. The molecule has 0 spiro atoms. The Kier molecular flexibility index (Phi) is 9.35. The van der Waals surface area contributed by atoms with Crippen LogP contribution in [-0.2, 0) is 21.4 Å². The molecule has 4 rings (SSSR count). The van der Waals surface area contributed by atoms with Crippen molar-refractivity contribution in [1.29, 1.82) is 0 Å². The number of methoxy groups -OCH3 is 1. The zero-order valence-electron chi connectivity index (χ0n) is 21.4. The van der Waals surface area contributed by atoms with E-state index in [0.717, 1.165) is 35.2 Å². The van der Waals surface area contributed by atoms with Gasteiger partial charge in [0.2, 0.25) is 5.78 Å². The highest BCUT2D eigenvalue weighted by Crippen LogP contribution is 2.44. The number of Topliss-reactive ketones (excluding diaryl/α,β-unsaturated/α-hetero) is 1. The van der Waals surface area contributed by atoms with Crippen molar-refractivity contribution in [2.75, 3.05) is 13.7 Å².